The number of carboxylic acids is 1. The van der Waals surface area contributed by atoms with Crippen LogP contribution < -0.4 is 5.32 Å². The Morgan fingerprint density at radius 2 is 1.95 bits per heavy atom. The smallest absolute Gasteiger partial charge is 0.337 e. The first-order chi connectivity index (χ1) is 9.95. The lowest BCUT2D eigenvalue weighted by Crippen LogP contribution is -2.15. The first-order valence-electron chi connectivity index (χ1n) is 6.34. The van der Waals surface area contributed by atoms with Gasteiger partial charge in [-0.2, -0.15) is 0 Å². The molecule has 5 heteroatoms. The summed E-state index contributed by atoms with van der Waals surface area (Å²) in [5, 5.41) is 11.8. The molecular formula is C16H14ClNO3. The third-order valence-electron chi connectivity index (χ3n) is 2.93. The van der Waals surface area contributed by atoms with E-state index in [4.69, 9.17) is 16.7 Å². The Hall–Kier alpha value is -2.33. The van der Waals surface area contributed by atoms with E-state index in [0.29, 0.717) is 5.69 Å². The van der Waals surface area contributed by atoms with Crippen LogP contribution in [0.3, 0.4) is 0 Å². The number of hydrogen-bond acceptors (Lipinski definition) is 2. The van der Waals surface area contributed by atoms with Gasteiger partial charge in [-0.3, -0.25) is 4.79 Å². The largest absolute Gasteiger partial charge is 0.478 e. The maximum absolute atomic E-state index is 12.0. The average Bonchev–Trinajstić information content (AvgIpc) is 2.40. The highest BCUT2D eigenvalue weighted by atomic mass is 35.5. The van der Waals surface area contributed by atoms with E-state index >= 15 is 0 Å². The fourth-order valence-corrected chi connectivity index (χ4v) is 2.18. The summed E-state index contributed by atoms with van der Waals surface area (Å²) < 4.78 is 0. The number of aromatic carboxylic acids is 1. The monoisotopic (exact) mass is 303 g/mol. The van der Waals surface area contributed by atoms with Crippen molar-refractivity contribution in [3.8, 4) is 0 Å². The molecule has 1 amide bonds. The lowest BCUT2D eigenvalue weighted by Gasteiger charge is -2.07. The summed E-state index contributed by atoms with van der Waals surface area (Å²) in [6.45, 7) is 1.96. The minimum Gasteiger partial charge on any atom is -0.478 e. The molecule has 0 saturated heterocycles. The summed E-state index contributed by atoms with van der Waals surface area (Å²) in [5.41, 5.74) is 2.36. The highest BCUT2D eigenvalue weighted by Gasteiger charge is 2.11. The maximum Gasteiger partial charge on any atom is 0.337 e. The zero-order valence-corrected chi connectivity index (χ0v) is 12.1. The van der Waals surface area contributed by atoms with E-state index in [1.807, 2.05) is 31.2 Å². The number of carbonyl (C=O) groups is 2. The fourth-order valence-electron chi connectivity index (χ4n) is 1.98. The second-order valence-corrected chi connectivity index (χ2v) is 5.12. The van der Waals surface area contributed by atoms with Crippen molar-refractivity contribution in [1.29, 1.82) is 0 Å². The summed E-state index contributed by atoms with van der Waals surface area (Å²) in [5.74, 6) is -1.34. The van der Waals surface area contributed by atoms with Gasteiger partial charge in [0.2, 0.25) is 5.91 Å². The van der Waals surface area contributed by atoms with Crippen LogP contribution in [0.15, 0.2) is 42.5 Å². The van der Waals surface area contributed by atoms with E-state index in [9.17, 15) is 9.59 Å². The number of carbonyl (C=O) groups excluding carboxylic acids is 1. The van der Waals surface area contributed by atoms with Crippen molar-refractivity contribution in [3.05, 3.63) is 64.2 Å². The van der Waals surface area contributed by atoms with Crippen LogP contribution in [0.2, 0.25) is 5.02 Å². The highest BCUT2D eigenvalue weighted by Crippen LogP contribution is 2.20. The number of aryl methyl sites for hydroxylation is 1. The number of benzene rings is 2. The van der Waals surface area contributed by atoms with Crippen LogP contribution in [0.4, 0.5) is 5.69 Å². The molecule has 108 valence electrons. The van der Waals surface area contributed by atoms with Gasteiger partial charge in [0.15, 0.2) is 0 Å². The molecule has 4 nitrogen and oxygen atoms in total. The summed E-state index contributed by atoms with van der Waals surface area (Å²) >= 11 is 5.78. The van der Waals surface area contributed by atoms with Crippen molar-refractivity contribution in [3.63, 3.8) is 0 Å². The number of hydrogen-bond donors (Lipinski definition) is 2. The Bertz CT molecular complexity index is 698. The lowest BCUT2D eigenvalue weighted by molar-refractivity contribution is -0.115. The molecule has 2 aromatic rings. The molecule has 0 saturated carbocycles. The molecule has 0 bridgehead atoms. The van der Waals surface area contributed by atoms with Crippen LogP contribution in [0.1, 0.15) is 21.5 Å². The average molecular weight is 304 g/mol. The molecule has 0 atom stereocenters. The number of carboxylic acid groups (broad SMARTS) is 1. The lowest BCUT2D eigenvalue weighted by atomic mass is 10.1. The van der Waals surface area contributed by atoms with Crippen LogP contribution in [0.5, 0.6) is 0 Å². The molecule has 0 spiro atoms. The molecule has 0 aliphatic heterocycles. The molecule has 0 fully saturated rings. The number of halogens is 1. The molecule has 0 aliphatic rings. The van der Waals surface area contributed by atoms with Gasteiger partial charge in [0.05, 0.1) is 17.0 Å². The Balaban J connectivity index is 2.09. The van der Waals surface area contributed by atoms with Crippen molar-refractivity contribution in [2.75, 3.05) is 5.32 Å². The van der Waals surface area contributed by atoms with Gasteiger partial charge >= 0.3 is 5.97 Å². The first-order valence-corrected chi connectivity index (χ1v) is 6.72. The van der Waals surface area contributed by atoms with E-state index < -0.39 is 5.97 Å². The highest BCUT2D eigenvalue weighted by molar-refractivity contribution is 6.33. The van der Waals surface area contributed by atoms with Crippen LogP contribution in [0.25, 0.3) is 0 Å². The normalized spacial score (nSPS) is 10.2. The maximum atomic E-state index is 12.0. The van der Waals surface area contributed by atoms with Gasteiger partial charge < -0.3 is 10.4 Å². The fraction of sp³-hybridized carbons (Fsp3) is 0.125. The van der Waals surface area contributed by atoms with Crippen molar-refractivity contribution in [2.45, 2.75) is 13.3 Å². The molecule has 2 N–H and O–H groups in total. The zero-order valence-electron chi connectivity index (χ0n) is 11.4. The standard InChI is InChI=1S/C16H14ClNO3/c1-10-3-2-4-11(7-10)8-15(19)18-12-5-6-14(17)13(9-12)16(20)21/h2-7,9H,8H2,1H3,(H,18,19)(H,20,21). The van der Waals surface area contributed by atoms with Crippen LogP contribution in [0, 0.1) is 6.92 Å². The van der Waals surface area contributed by atoms with Gasteiger partial charge in [0.25, 0.3) is 0 Å². The second kappa shape index (κ2) is 6.41. The molecule has 0 heterocycles. The summed E-state index contributed by atoms with van der Waals surface area (Å²) in [6, 6.07) is 12.0. The Labute approximate surface area is 127 Å². The van der Waals surface area contributed by atoms with Crippen molar-refractivity contribution in [1.82, 2.24) is 0 Å². The van der Waals surface area contributed by atoms with E-state index in [0.717, 1.165) is 11.1 Å². The van der Waals surface area contributed by atoms with E-state index in [1.54, 1.807) is 6.07 Å². The Morgan fingerprint density at radius 3 is 2.62 bits per heavy atom. The molecule has 2 aromatic carbocycles. The number of amides is 1. The van der Waals surface area contributed by atoms with Crippen LogP contribution in [-0.4, -0.2) is 17.0 Å². The Morgan fingerprint density at radius 1 is 1.19 bits per heavy atom. The van der Waals surface area contributed by atoms with E-state index in [1.165, 1.54) is 12.1 Å². The van der Waals surface area contributed by atoms with Crippen molar-refractivity contribution in [2.24, 2.45) is 0 Å². The molecule has 0 unspecified atom stereocenters. The topological polar surface area (TPSA) is 66.4 Å². The second-order valence-electron chi connectivity index (χ2n) is 4.71. The molecule has 21 heavy (non-hydrogen) atoms. The Kier molecular flexibility index (Phi) is 4.60. The third-order valence-corrected chi connectivity index (χ3v) is 3.26. The van der Waals surface area contributed by atoms with Crippen molar-refractivity contribution >= 4 is 29.2 Å². The predicted molar refractivity (Wildman–Crippen MR) is 81.9 cm³/mol. The van der Waals surface area contributed by atoms with Gasteiger partial charge in [0, 0.05) is 5.69 Å². The minimum absolute atomic E-state index is 0.0370. The minimum atomic E-state index is -1.13. The van der Waals surface area contributed by atoms with Gasteiger partial charge in [-0.05, 0) is 30.7 Å². The zero-order chi connectivity index (χ0) is 15.4. The number of anilines is 1. The predicted octanol–water partition coefficient (Wildman–Crippen LogP) is 3.53. The summed E-state index contributed by atoms with van der Waals surface area (Å²) in [6.07, 6.45) is 0.229. The van der Waals surface area contributed by atoms with E-state index in [-0.39, 0.29) is 22.9 Å². The van der Waals surface area contributed by atoms with Gasteiger partial charge in [-0.25, -0.2) is 4.79 Å². The molecule has 0 aromatic heterocycles. The first kappa shape index (κ1) is 15.1. The van der Waals surface area contributed by atoms with Gasteiger partial charge in [-0.1, -0.05) is 41.4 Å². The van der Waals surface area contributed by atoms with E-state index in [2.05, 4.69) is 5.32 Å². The summed E-state index contributed by atoms with van der Waals surface area (Å²) in [7, 11) is 0. The number of nitrogens with one attached hydrogen (secondary N) is 1. The van der Waals surface area contributed by atoms with Crippen molar-refractivity contribution < 1.29 is 14.7 Å². The molecular weight excluding hydrogens is 290 g/mol. The van der Waals surface area contributed by atoms with Gasteiger partial charge in [-0.15, -0.1) is 0 Å². The third kappa shape index (κ3) is 4.07. The molecule has 0 radical (unpaired) electrons. The SMILES string of the molecule is Cc1cccc(CC(=O)Nc2ccc(Cl)c(C(=O)O)c2)c1. The van der Waals surface area contributed by atoms with Crippen LogP contribution in [-0.2, 0) is 11.2 Å². The van der Waals surface area contributed by atoms with Crippen LogP contribution >= 0.6 is 11.6 Å². The molecule has 2 rings (SSSR count). The molecule has 0 aliphatic carbocycles. The van der Waals surface area contributed by atoms with Gasteiger partial charge in [0.1, 0.15) is 0 Å². The number of rotatable bonds is 4. The quantitative estimate of drug-likeness (QED) is 0.908. The summed E-state index contributed by atoms with van der Waals surface area (Å²) in [4.78, 5) is 23.0.